The monoisotopic (exact) mass is 666 g/mol. The quantitative estimate of drug-likeness (QED) is 0.0519. The van der Waals surface area contributed by atoms with Crippen LogP contribution in [0.5, 0.6) is 5.75 Å². The minimum atomic E-state index is -4.83. The van der Waals surface area contributed by atoms with Crippen molar-refractivity contribution in [2.24, 2.45) is 15.9 Å². The van der Waals surface area contributed by atoms with Gasteiger partial charge in [0.2, 0.25) is 0 Å². The lowest BCUT2D eigenvalue weighted by atomic mass is 10.0. The van der Waals surface area contributed by atoms with E-state index in [1.54, 1.807) is 31.2 Å². The number of carboxylic acids is 1. The molecule has 17 nitrogen and oxygen atoms in total. The molecule has 1 aromatic carbocycles. The van der Waals surface area contributed by atoms with Gasteiger partial charge < -0.3 is 36.8 Å². The number of ether oxygens (including phenoxy) is 1. The fourth-order valence-corrected chi connectivity index (χ4v) is 6.32. The van der Waals surface area contributed by atoms with Crippen molar-refractivity contribution in [2.75, 3.05) is 25.4 Å². The van der Waals surface area contributed by atoms with Gasteiger partial charge in [-0.25, -0.2) is 14.1 Å². The van der Waals surface area contributed by atoms with E-state index in [2.05, 4.69) is 25.8 Å². The Morgan fingerprint density at radius 1 is 1.27 bits per heavy atom. The lowest BCUT2D eigenvalue weighted by Gasteiger charge is -2.42. The van der Waals surface area contributed by atoms with Crippen LogP contribution in [0.2, 0.25) is 0 Å². The van der Waals surface area contributed by atoms with Gasteiger partial charge in [-0.05, 0) is 63.5 Å². The van der Waals surface area contributed by atoms with E-state index < -0.39 is 58.6 Å². The molecular weight excluding hydrogens is 632 g/mol. The largest absolute Gasteiger partial charge is 0.489 e. The van der Waals surface area contributed by atoms with Gasteiger partial charge in [0.25, 0.3) is 17.9 Å². The number of amidine groups is 1. The van der Waals surface area contributed by atoms with Crippen LogP contribution in [0.3, 0.4) is 0 Å². The molecule has 0 spiro atoms. The van der Waals surface area contributed by atoms with Crippen molar-refractivity contribution in [1.82, 2.24) is 19.9 Å². The highest BCUT2D eigenvalue weighted by atomic mass is 32.2. The van der Waals surface area contributed by atoms with Gasteiger partial charge in [0, 0.05) is 10.4 Å². The molecule has 2 aromatic rings. The predicted octanol–water partition coefficient (Wildman–Crippen LogP) is -0.484. The molecule has 0 saturated carbocycles. The third kappa shape index (κ3) is 8.04. The third-order valence-corrected chi connectivity index (χ3v) is 9.11. The van der Waals surface area contributed by atoms with E-state index in [-0.39, 0.29) is 21.2 Å². The number of anilines is 1. The van der Waals surface area contributed by atoms with Crippen LogP contribution in [-0.4, -0.2) is 101 Å². The summed E-state index contributed by atoms with van der Waals surface area (Å²) in [6, 6.07) is 4.28. The predicted molar refractivity (Wildman–Crippen MR) is 163 cm³/mol. The Balaban J connectivity index is 1.47. The number of aliphatic carboxylic acids is 1. The molecule has 3 atom stereocenters. The van der Waals surface area contributed by atoms with Crippen molar-refractivity contribution >= 4 is 56.1 Å². The number of oxime groups is 1. The molecule has 19 heteroatoms. The number of rotatable bonds is 13. The summed E-state index contributed by atoms with van der Waals surface area (Å²) >= 11 is 1.07. The normalized spacial score (nSPS) is 20.3. The number of aromatic nitrogens is 1. The highest BCUT2D eigenvalue weighted by Gasteiger charge is 2.51. The topological polar surface area (TPSA) is 261 Å². The van der Waals surface area contributed by atoms with Gasteiger partial charge >= 0.3 is 16.3 Å². The highest BCUT2D eigenvalue weighted by molar-refractivity contribution is 7.84. The molecule has 0 bridgehead atoms. The number of benzene rings is 1. The Kier molecular flexibility index (Phi) is 10.6. The molecule has 2 aliphatic heterocycles. The number of carboxylic acid groups (broad SMARTS) is 1. The standard InChI is InChI=1S/C26H34N8O9S2/c1-3-18-20(32-26(28)44-18)21(23(35)31-19-13(2)34(24(19)36)45(39,40)41)33-43-17(25(37)38)12-42-16-6-4-14(5-7-16)22(27)30-15-8-10-29-11-9-15/h4-7,13,15,17,19,29H,3,8-12H2,1-2H3,(H2,27,30)(H2,28,32)(H,31,35)(H,37,38)(H,39,40,41)/b33-21-/t13-,17?,19-/m0/s1. The number of thiazole rings is 1. The fraction of sp³-hybridized carbons (Fsp3) is 0.462. The molecule has 2 aliphatic rings. The molecule has 244 valence electrons. The number of carbonyl (C=O) groups excluding carboxylic acids is 2. The second-order valence-electron chi connectivity index (χ2n) is 10.2. The summed E-state index contributed by atoms with van der Waals surface area (Å²) in [4.78, 5) is 52.0. The van der Waals surface area contributed by atoms with Gasteiger partial charge in [-0.1, -0.05) is 12.1 Å². The molecule has 45 heavy (non-hydrogen) atoms. The first kappa shape index (κ1) is 33.6. The summed E-state index contributed by atoms with van der Waals surface area (Å²) in [5.41, 5.74) is 12.2. The average molecular weight is 667 g/mol. The molecule has 2 fully saturated rings. The minimum Gasteiger partial charge on any atom is -0.489 e. The van der Waals surface area contributed by atoms with Gasteiger partial charge in [-0.3, -0.25) is 19.1 Å². The van der Waals surface area contributed by atoms with E-state index in [9.17, 15) is 32.5 Å². The lowest BCUT2D eigenvalue weighted by molar-refractivity contribution is -0.152. The fourth-order valence-electron chi connectivity index (χ4n) is 4.66. The molecule has 2 amide bonds. The number of β-lactam (4-membered cyclic amide) rings is 1. The number of nitrogens with two attached hydrogens (primary N) is 2. The van der Waals surface area contributed by atoms with Crippen molar-refractivity contribution in [3.05, 3.63) is 40.4 Å². The van der Waals surface area contributed by atoms with Crippen LogP contribution in [0.15, 0.2) is 34.4 Å². The number of aliphatic imine (C=N–C) groups is 1. The van der Waals surface area contributed by atoms with Crippen molar-refractivity contribution in [3.8, 4) is 5.75 Å². The Bertz CT molecular complexity index is 1590. The summed E-state index contributed by atoms with van der Waals surface area (Å²) in [7, 11) is -4.83. The minimum absolute atomic E-state index is 0.00653. The number of piperidine rings is 1. The lowest BCUT2D eigenvalue weighted by Crippen LogP contribution is -2.71. The first-order valence-electron chi connectivity index (χ1n) is 13.9. The zero-order valence-corrected chi connectivity index (χ0v) is 26.0. The molecule has 2 saturated heterocycles. The Hall–Kier alpha value is -4.33. The third-order valence-electron chi connectivity index (χ3n) is 7.07. The summed E-state index contributed by atoms with van der Waals surface area (Å²) in [6.07, 6.45) is 0.481. The molecule has 1 unspecified atom stereocenters. The van der Waals surface area contributed by atoms with Gasteiger partial charge in [-0.15, -0.1) is 11.3 Å². The maximum atomic E-state index is 13.3. The molecule has 0 aliphatic carbocycles. The molecule has 1 aromatic heterocycles. The zero-order chi connectivity index (χ0) is 32.9. The zero-order valence-electron chi connectivity index (χ0n) is 24.4. The second kappa shape index (κ2) is 14.2. The summed E-state index contributed by atoms with van der Waals surface area (Å²) < 4.78 is 37.9. The summed E-state index contributed by atoms with van der Waals surface area (Å²) in [6.45, 7) is 4.31. The Morgan fingerprint density at radius 2 is 1.93 bits per heavy atom. The van der Waals surface area contributed by atoms with Crippen LogP contribution in [0.4, 0.5) is 5.13 Å². The molecule has 3 heterocycles. The van der Waals surface area contributed by atoms with E-state index in [0.717, 1.165) is 37.3 Å². The number of amides is 2. The van der Waals surface area contributed by atoms with Crippen molar-refractivity contribution < 1.29 is 42.0 Å². The maximum Gasteiger partial charge on any atom is 0.362 e. The Labute approximate surface area is 262 Å². The number of nitrogens with one attached hydrogen (secondary N) is 2. The number of aryl methyl sites for hydroxylation is 1. The van der Waals surface area contributed by atoms with Gasteiger partial charge in [-0.2, -0.15) is 8.42 Å². The highest BCUT2D eigenvalue weighted by Crippen LogP contribution is 2.25. The van der Waals surface area contributed by atoms with E-state index in [1.807, 2.05) is 0 Å². The average Bonchev–Trinajstić information content (AvgIpc) is 3.37. The second-order valence-corrected chi connectivity index (χ2v) is 12.6. The number of nitrogens with zero attached hydrogens (tertiary/aromatic N) is 4. The number of carbonyl (C=O) groups is 3. The number of hydrogen-bond donors (Lipinski definition) is 6. The van der Waals surface area contributed by atoms with Crippen LogP contribution < -0.4 is 26.8 Å². The van der Waals surface area contributed by atoms with Crippen LogP contribution in [-0.2, 0) is 35.9 Å². The van der Waals surface area contributed by atoms with Crippen molar-refractivity contribution in [3.63, 3.8) is 0 Å². The van der Waals surface area contributed by atoms with Gasteiger partial charge in [0.1, 0.15) is 29.9 Å². The van der Waals surface area contributed by atoms with E-state index in [0.29, 0.717) is 28.4 Å². The van der Waals surface area contributed by atoms with Gasteiger partial charge in [0.15, 0.2) is 10.8 Å². The molecular formula is C26H34N8O9S2. The molecule has 8 N–H and O–H groups in total. The summed E-state index contributed by atoms with van der Waals surface area (Å²) in [5.74, 6) is -2.84. The van der Waals surface area contributed by atoms with E-state index >= 15 is 0 Å². The number of nitrogen functional groups attached to an aromatic ring is 1. The van der Waals surface area contributed by atoms with Crippen molar-refractivity contribution in [2.45, 2.75) is 57.3 Å². The van der Waals surface area contributed by atoms with E-state index in [4.69, 9.17) is 21.0 Å². The van der Waals surface area contributed by atoms with Crippen molar-refractivity contribution in [1.29, 1.82) is 0 Å². The maximum absolute atomic E-state index is 13.3. The smallest absolute Gasteiger partial charge is 0.362 e. The number of hydrogen-bond acceptors (Lipinski definition) is 13. The SMILES string of the molecule is CCc1sc(N)nc1/C(=N/OC(COc1ccc(C(N)=NC2CCNCC2)cc1)C(=O)O)C(=O)N[C@@H]1C(=O)N(S(=O)(=O)O)[C@H]1C. The Morgan fingerprint density at radius 3 is 2.51 bits per heavy atom. The summed E-state index contributed by atoms with van der Waals surface area (Å²) in [5, 5.41) is 19.2. The van der Waals surface area contributed by atoms with Gasteiger partial charge in [0.05, 0.1) is 12.1 Å². The van der Waals surface area contributed by atoms with Crippen LogP contribution in [0.1, 0.15) is 42.8 Å². The molecule has 0 radical (unpaired) electrons. The first-order chi connectivity index (χ1) is 21.3. The molecule has 4 rings (SSSR count). The van der Waals surface area contributed by atoms with Crippen LogP contribution >= 0.6 is 11.3 Å². The van der Waals surface area contributed by atoms with Crippen LogP contribution in [0.25, 0.3) is 0 Å². The van der Waals surface area contributed by atoms with Crippen LogP contribution in [0, 0.1) is 0 Å². The van der Waals surface area contributed by atoms with E-state index in [1.165, 1.54) is 6.92 Å². The first-order valence-corrected chi connectivity index (χ1v) is 16.1.